The lowest BCUT2D eigenvalue weighted by Gasteiger charge is -2.14. The quantitative estimate of drug-likeness (QED) is 0.463. The van der Waals surface area contributed by atoms with E-state index < -0.39 is 40.7 Å². The van der Waals surface area contributed by atoms with Crippen molar-refractivity contribution in [1.29, 1.82) is 0 Å². The van der Waals surface area contributed by atoms with Gasteiger partial charge in [-0.2, -0.15) is 13.2 Å². The summed E-state index contributed by atoms with van der Waals surface area (Å²) in [5.41, 5.74) is -1.69. The predicted molar refractivity (Wildman–Crippen MR) is 91.4 cm³/mol. The molecule has 0 bridgehead atoms. The minimum atomic E-state index is -4.74. The molecule has 1 heterocycles. The van der Waals surface area contributed by atoms with Crippen LogP contribution in [0.3, 0.4) is 0 Å². The average Bonchev–Trinajstić information content (AvgIpc) is 3.04. The fraction of sp³-hybridized carbons (Fsp3) is 0.111. The van der Waals surface area contributed by atoms with Gasteiger partial charge >= 0.3 is 12.1 Å². The van der Waals surface area contributed by atoms with Crippen LogP contribution in [0.5, 0.6) is 0 Å². The lowest BCUT2D eigenvalue weighted by atomic mass is 10.1. The predicted octanol–water partition coefficient (Wildman–Crippen LogP) is 5.16. The Balaban J connectivity index is 1.99. The van der Waals surface area contributed by atoms with Crippen LogP contribution in [0, 0.1) is 11.6 Å². The minimum Gasteiger partial charge on any atom is -0.477 e. The Morgan fingerprint density at radius 3 is 2.39 bits per heavy atom. The summed E-state index contributed by atoms with van der Waals surface area (Å²) < 4.78 is 67.7. The molecule has 0 unspecified atom stereocenters. The number of alkyl halides is 3. The highest BCUT2D eigenvalue weighted by Gasteiger charge is 2.34. The average molecular weight is 414 g/mol. The largest absolute Gasteiger partial charge is 0.477 e. The van der Waals surface area contributed by atoms with E-state index in [1.165, 1.54) is 12.1 Å². The second kappa shape index (κ2) is 7.63. The highest BCUT2D eigenvalue weighted by molar-refractivity contribution is 7.98. The monoisotopic (exact) mass is 414 g/mol. The van der Waals surface area contributed by atoms with E-state index in [9.17, 15) is 31.9 Å². The van der Waals surface area contributed by atoms with Crippen molar-refractivity contribution in [3.8, 4) is 5.69 Å². The van der Waals surface area contributed by atoms with Crippen molar-refractivity contribution in [2.45, 2.75) is 17.1 Å². The lowest BCUT2D eigenvalue weighted by molar-refractivity contribution is -0.138. The Morgan fingerprint density at radius 2 is 1.79 bits per heavy atom. The number of carbonyl (C=O) groups is 1. The molecule has 0 aliphatic carbocycles. The Hall–Kier alpha value is -2.88. The van der Waals surface area contributed by atoms with Gasteiger partial charge in [0.1, 0.15) is 11.6 Å². The Morgan fingerprint density at radius 1 is 1.11 bits per heavy atom. The van der Waals surface area contributed by atoms with Crippen LogP contribution in [-0.4, -0.2) is 20.6 Å². The highest BCUT2D eigenvalue weighted by atomic mass is 32.2. The minimum absolute atomic E-state index is 0.0281. The van der Waals surface area contributed by atoms with Gasteiger partial charge in [0.2, 0.25) is 0 Å². The maximum absolute atomic E-state index is 14.0. The molecule has 3 rings (SSSR count). The zero-order chi connectivity index (χ0) is 20.5. The van der Waals surface area contributed by atoms with E-state index in [0.717, 1.165) is 52.9 Å². The summed E-state index contributed by atoms with van der Waals surface area (Å²) in [7, 11) is 0. The van der Waals surface area contributed by atoms with Crippen molar-refractivity contribution in [3.63, 3.8) is 0 Å². The van der Waals surface area contributed by atoms with Gasteiger partial charge < -0.3 is 5.11 Å². The van der Waals surface area contributed by atoms with Crippen molar-refractivity contribution in [1.82, 2.24) is 9.55 Å². The number of hydrogen-bond acceptors (Lipinski definition) is 3. The van der Waals surface area contributed by atoms with E-state index in [0.29, 0.717) is 0 Å². The van der Waals surface area contributed by atoms with Crippen molar-refractivity contribution in [3.05, 3.63) is 77.1 Å². The van der Waals surface area contributed by atoms with Gasteiger partial charge in [0.25, 0.3) is 0 Å². The summed E-state index contributed by atoms with van der Waals surface area (Å²) in [5.74, 6) is -3.33. The molecular weight excluding hydrogens is 403 g/mol. The molecule has 0 saturated heterocycles. The molecule has 2 aromatic carbocycles. The molecule has 0 aliphatic rings. The zero-order valence-electron chi connectivity index (χ0n) is 13.9. The number of halogens is 5. The normalized spacial score (nSPS) is 11.6. The van der Waals surface area contributed by atoms with Gasteiger partial charge in [-0.3, -0.25) is 4.57 Å². The maximum Gasteiger partial charge on any atom is 0.416 e. The van der Waals surface area contributed by atoms with Crippen molar-refractivity contribution < 1.29 is 31.9 Å². The summed E-state index contributed by atoms with van der Waals surface area (Å²) in [6.07, 6.45) is -3.71. The molecule has 0 aliphatic heterocycles. The SMILES string of the molecule is O=C(O)c1cnc(SCc2c(F)cccc2C(F)(F)F)n1-c1ccc(F)cc1. The molecule has 1 aromatic heterocycles. The fourth-order valence-electron chi connectivity index (χ4n) is 2.53. The number of benzene rings is 2. The van der Waals surface area contributed by atoms with E-state index in [4.69, 9.17) is 0 Å². The molecule has 0 atom stereocenters. The molecule has 0 amide bonds. The van der Waals surface area contributed by atoms with Gasteiger partial charge in [-0.05, 0) is 36.4 Å². The van der Waals surface area contributed by atoms with Crippen molar-refractivity contribution in [2.24, 2.45) is 0 Å². The number of nitrogens with zero attached hydrogens (tertiary/aromatic N) is 2. The summed E-state index contributed by atoms with van der Waals surface area (Å²) >= 11 is 0.737. The number of carboxylic acid groups (broad SMARTS) is 1. The fourth-order valence-corrected chi connectivity index (χ4v) is 3.56. The first kappa shape index (κ1) is 19.9. The summed E-state index contributed by atoms with van der Waals surface area (Å²) in [5, 5.41) is 9.35. The van der Waals surface area contributed by atoms with E-state index >= 15 is 0 Å². The van der Waals surface area contributed by atoms with Crippen molar-refractivity contribution >= 4 is 17.7 Å². The molecule has 0 fully saturated rings. The smallest absolute Gasteiger partial charge is 0.416 e. The molecule has 28 heavy (non-hydrogen) atoms. The van der Waals surface area contributed by atoms with Crippen LogP contribution in [-0.2, 0) is 11.9 Å². The number of aromatic nitrogens is 2. The Labute approximate surface area is 159 Å². The molecule has 0 radical (unpaired) electrons. The van der Waals surface area contributed by atoms with Crippen LogP contribution in [0.2, 0.25) is 0 Å². The van der Waals surface area contributed by atoms with Gasteiger partial charge in [0.15, 0.2) is 10.9 Å². The van der Waals surface area contributed by atoms with Gasteiger partial charge in [-0.25, -0.2) is 18.6 Å². The molecule has 10 heteroatoms. The first-order valence-electron chi connectivity index (χ1n) is 7.73. The van der Waals surface area contributed by atoms with E-state index in [-0.39, 0.29) is 16.5 Å². The van der Waals surface area contributed by atoms with E-state index in [1.807, 2.05) is 0 Å². The van der Waals surface area contributed by atoms with Crippen LogP contribution in [0.25, 0.3) is 5.69 Å². The van der Waals surface area contributed by atoms with Crippen LogP contribution in [0.1, 0.15) is 21.6 Å². The second-order valence-electron chi connectivity index (χ2n) is 5.60. The zero-order valence-corrected chi connectivity index (χ0v) is 14.7. The van der Waals surface area contributed by atoms with Crippen LogP contribution in [0.15, 0.2) is 53.8 Å². The Kier molecular flexibility index (Phi) is 5.41. The first-order valence-corrected chi connectivity index (χ1v) is 8.71. The van der Waals surface area contributed by atoms with Crippen LogP contribution >= 0.6 is 11.8 Å². The number of carboxylic acids is 1. The number of rotatable bonds is 5. The molecule has 4 nitrogen and oxygen atoms in total. The molecule has 1 N–H and O–H groups in total. The van der Waals surface area contributed by atoms with Gasteiger partial charge in [-0.15, -0.1) is 0 Å². The second-order valence-corrected chi connectivity index (χ2v) is 6.54. The van der Waals surface area contributed by atoms with Crippen molar-refractivity contribution in [2.75, 3.05) is 0 Å². The van der Waals surface area contributed by atoms with Crippen LogP contribution in [0.4, 0.5) is 22.0 Å². The number of imidazole rings is 1. The van der Waals surface area contributed by atoms with E-state index in [2.05, 4.69) is 4.98 Å². The summed E-state index contributed by atoms with van der Waals surface area (Å²) in [6, 6.07) is 7.47. The number of hydrogen-bond donors (Lipinski definition) is 1. The molecule has 0 saturated carbocycles. The number of thioether (sulfide) groups is 1. The van der Waals surface area contributed by atoms with Gasteiger partial charge in [0.05, 0.1) is 11.8 Å². The third kappa shape index (κ3) is 4.01. The topological polar surface area (TPSA) is 55.1 Å². The standard InChI is InChI=1S/C18H11F5N2O2S/c19-10-4-6-11(7-5-10)25-15(16(26)27)8-24-17(25)28-9-12-13(18(21,22)23)2-1-3-14(12)20/h1-8H,9H2,(H,26,27). The van der Waals surface area contributed by atoms with Crippen LogP contribution < -0.4 is 0 Å². The third-order valence-corrected chi connectivity index (χ3v) is 4.78. The Bertz CT molecular complexity index is 1020. The maximum atomic E-state index is 14.0. The molecule has 3 aromatic rings. The molecule has 146 valence electrons. The van der Waals surface area contributed by atoms with Gasteiger partial charge in [-0.1, -0.05) is 17.8 Å². The molecule has 0 spiro atoms. The number of aromatic carboxylic acids is 1. The summed E-state index contributed by atoms with van der Waals surface area (Å²) in [6.45, 7) is 0. The molecular formula is C18H11F5N2O2S. The van der Waals surface area contributed by atoms with Gasteiger partial charge in [0, 0.05) is 17.0 Å². The first-order chi connectivity index (χ1) is 13.2. The lowest BCUT2D eigenvalue weighted by Crippen LogP contribution is -2.11. The summed E-state index contributed by atoms with van der Waals surface area (Å²) in [4.78, 5) is 15.4. The third-order valence-electron chi connectivity index (χ3n) is 3.80. The van der Waals surface area contributed by atoms with E-state index in [1.54, 1.807) is 0 Å². The highest BCUT2D eigenvalue weighted by Crippen LogP contribution is 2.36.